The number of amides is 1. The van der Waals surface area contributed by atoms with Gasteiger partial charge in [-0.05, 0) is 19.3 Å². The van der Waals surface area contributed by atoms with Crippen LogP contribution in [0.3, 0.4) is 0 Å². The zero-order chi connectivity index (χ0) is 7.84. The van der Waals surface area contributed by atoms with Crippen LogP contribution in [0.15, 0.2) is 0 Å². The number of nitrogens with two attached hydrogens (primary N) is 1. The summed E-state index contributed by atoms with van der Waals surface area (Å²) in [5.41, 5.74) is 5.49. The third-order valence-corrected chi connectivity index (χ3v) is 2.63. The van der Waals surface area contributed by atoms with Gasteiger partial charge in [-0.2, -0.15) is 0 Å². The van der Waals surface area contributed by atoms with E-state index in [-0.39, 0.29) is 0 Å². The number of hydrogen-bond acceptors (Lipinski definition) is 2. The zero-order valence-corrected chi connectivity index (χ0v) is 6.62. The van der Waals surface area contributed by atoms with Crippen molar-refractivity contribution in [3.63, 3.8) is 0 Å². The fourth-order valence-electron chi connectivity index (χ4n) is 1.54. The van der Waals surface area contributed by atoms with Crippen LogP contribution >= 0.6 is 0 Å². The summed E-state index contributed by atoms with van der Waals surface area (Å²) in [5.74, 6) is 0.719. The Labute approximate surface area is 66.5 Å². The molecule has 0 spiro atoms. The van der Waals surface area contributed by atoms with Crippen LogP contribution in [0.2, 0.25) is 0 Å². The highest BCUT2D eigenvalue weighted by Gasteiger charge is 2.39. The molecule has 1 unspecified atom stereocenters. The van der Waals surface area contributed by atoms with Crippen molar-refractivity contribution in [2.24, 2.45) is 11.7 Å². The van der Waals surface area contributed by atoms with Gasteiger partial charge in [0.2, 0.25) is 5.91 Å². The Hall–Kier alpha value is -0.570. The summed E-state index contributed by atoms with van der Waals surface area (Å²) in [6.45, 7) is 1.58. The van der Waals surface area contributed by atoms with E-state index in [2.05, 4.69) is 0 Å². The van der Waals surface area contributed by atoms with Crippen molar-refractivity contribution in [1.29, 1.82) is 0 Å². The lowest BCUT2D eigenvalue weighted by Crippen LogP contribution is -2.55. The van der Waals surface area contributed by atoms with Gasteiger partial charge in [-0.25, -0.2) is 0 Å². The molecular formula is C8H14N2O. The summed E-state index contributed by atoms with van der Waals surface area (Å²) in [6.07, 6.45) is 3.31. The zero-order valence-electron chi connectivity index (χ0n) is 6.62. The summed E-state index contributed by atoms with van der Waals surface area (Å²) in [5, 5.41) is 0. The minimum absolute atomic E-state index is 0.353. The lowest BCUT2D eigenvalue weighted by molar-refractivity contribution is -0.139. The van der Waals surface area contributed by atoms with E-state index in [1.165, 1.54) is 0 Å². The molecular weight excluding hydrogens is 140 g/mol. The third-order valence-electron chi connectivity index (χ3n) is 2.63. The second-order valence-corrected chi connectivity index (χ2v) is 3.48. The van der Waals surface area contributed by atoms with Crippen LogP contribution in [0.5, 0.6) is 0 Å². The number of nitrogens with zero attached hydrogens (tertiary/aromatic N) is 1. The lowest BCUT2D eigenvalue weighted by atomic mass is 10.0. The van der Waals surface area contributed by atoms with Crippen molar-refractivity contribution < 1.29 is 4.79 Å². The minimum Gasteiger partial charge on any atom is -0.338 e. The number of carbonyl (C=O) groups is 1. The second-order valence-electron chi connectivity index (χ2n) is 3.48. The SMILES string of the molecule is NCC1CCN1C(=O)C1CC1. The van der Waals surface area contributed by atoms with E-state index in [0.717, 1.165) is 25.8 Å². The maximum Gasteiger partial charge on any atom is 0.225 e. The van der Waals surface area contributed by atoms with Gasteiger partial charge in [0.05, 0.1) is 0 Å². The van der Waals surface area contributed by atoms with Crippen molar-refractivity contribution in [3.05, 3.63) is 0 Å². The van der Waals surface area contributed by atoms with E-state index in [1.54, 1.807) is 0 Å². The first-order valence-corrected chi connectivity index (χ1v) is 4.33. The van der Waals surface area contributed by atoms with E-state index < -0.39 is 0 Å². The Morgan fingerprint density at radius 3 is 2.55 bits per heavy atom. The highest BCUT2D eigenvalue weighted by molar-refractivity contribution is 5.82. The minimum atomic E-state index is 0.353. The third kappa shape index (κ3) is 1.13. The van der Waals surface area contributed by atoms with Gasteiger partial charge in [0, 0.05) is 25.0 Å². The molecule has 1 saturated carbocycles. The van der Waals surface area contributed by atoms with Crippen molar-refractivity contribution in [3.8, 4) is 0 Å². The van der Waals surface area contributed by atoms with E-state index >= 15 is 0 Å². The summed E-state index contributed by atoms with van der Waals surface area (Å²) in [7, 11) is 0. The molecule has 1 atom stereocenters. The average Bonchev–Trinajstić information content (AvgIpc) is 2.66. The number of hydrogen-bond donors (Lipinski definition) is 1. The quantitative estimate of drug-likeness (QED) is 0.606. The molecule has 0 radical (unpaired) electrons. The van der Waals surface area contributed by atoms with Crippen molar-refractivity contribution >= 4 is 5.91 Å². The summed E-state index contributed by atoms with van der Waals surface area (Å²) >= 11 is 0. The Morgan fingerprint density at radius 1 is 1.45 bits per heavy atom. The maximum atomic E-state index is 11.4. The molecule has 2 aliphatic rings. The highest BCUT2D eigenvalue weighted by Crippen LogP contribution is 2.33. The highest BCUT2D eigenvalue weighted by atomic mass is 16.2. The number of carbonyl (C=O) groups excluding carboxylic acids is 1. The van der Waals surface area contributed by atoms with Gasteiger partial charge >= 0.3 is 0 Å². The topological polar surface area (TPSA) is 46.3 Å². The first-order chi connectivity index (χ1) is 5.33. The predicted octanol–water partition coefficient (Wildman–Crippen LogP) is -0.0440. The summed E-state index contributed by atoms with van der Waals surface area (Å²) in [6, 6.07) is 0.364. The smallest absolute Gasteiger partial charge is 0.225 e. The van der Waals surface area contributed by atoms with E-state index in [4.69, 9.17) is 5.73 Å². The molecule has 1 amide bonds. The molecule has 11 heavy (non-hydrogen) atoms. The summed E-state index contributed by atoms with van der Waals surface area (Å²) in [4.78, 5) is 13.4. The molecule has 0 aromatic rings. The van der Waals surface area contributed by atoms with Crippen LogP contribution in [0.1, 0.15) is 19.3 Å². The fraction of sp³-hybridized carbons (Fsp3) is 0.875. The van der Waals surface area contributed by atoms with Gasteiger partial charge in [0.15, 0.2) is 0 Å². The van der Waals surface area contributed by atoms with Crippen LogP contribution in [0, 0.1) is 5.92 Å². The Kier molecular flexibility index (Phi) is 1.60. The molecule has 1 saturated heterocycles. The molecule has 1 aliphatic heterocycles. The molecule has 1 aliphatic carbocycles. The van der Waals surface area contributed by atoms with Crippen LogP contribution in [0.25, 0.3) is 0 Å². The number of rotatable bonds is 2. The van der Waals surface area contributed by atoms with Crippen LogP contribution in [-0.2, 0) is 4.79 Å². The van der Waals surface area contributed by atoms with Crippen LogP contribution in [-0.4, -0.2) is 29.9 Å². The molecule has 3 nitrogen and oxygen atoms in total. The van der Waals surface area contributed by atoms with Crippen molar-refractivity contribution in [2.45, 2.75) is 25.3 Å². The van der Waals surface area contributed by atoms with Crippen LogP contribution < -0.4 is 5.73 Å². The van der Waals surface area contributed by atoms with Gasteiger partial charge < -0.3 is 10.6 Å². The number of likely N-dealkylation sites (tertiary alicyclic amines) is 1. The fourth-order valence-corrected chi connectivity index (χ4v) is 1.54. The monoisotopic (exact) mass is 154 g/mol. The molecule has 0 aromatic heterocycles. The van der Waals surface area contributed by atoms with Gasteiger partial charge in [-0.15, -0.1) is 0 Å². The second kappa shape index (κ2) is 2.48. The molecule has 62 valence electrons. The first kappa shape index (κ1) is 7.10. The Bertz CT molecular complexity index is 175. The molecule has 3 heteroatoms. The normalized spacial score (nSPS) is 29.9. The van der Waals surface area contributed by atoms with Crippen LogP contribution in [0.4, 0.5) is 0 Å². The van der Waals surface area contributed by atoms with E-state index in [9.17, 15) is 4.79 Å². The molecule has 0 bridgehead atoms. The standard InChI is InChI=1S/C8H14N2O/c9-5-7-3-4-10(7)8(11)6-1-2-6/h6-7H,1-5,9H2. The van der Waals surface area contributed by atoms with E-state index in [1.807, 2.05) is 4.90 Å². The Balaban J connectivity index is 1.88. The van der Waals surface area contributed by atoms with Gasteiger partial charge in [-0.1, -0.05) is 0 Å². The molecule has 1 heterocycles. The van der Waals surface area contributed by atoms with Crippen molar-refractivity contribution in [2.75, 3.05) is 13.1 Å². The average molecular weight is 154 g/mol. The first-order valence-electron chi connectivity index (χ1n) is 4.33. The van der Waals surface area contributed by atoms with E-state index in [0.29, 0.717) is 24.4 Å². The summed E-state index contributed by atoms with van der Waals surface area (Å²) < 4.78 is 0. The van der Waals surface area contributed by atoms with Crippen molar-refractivity contribution in [1.82, 2.24) is 4.90 Å². The van der Waals surface area contributed by atoms with Gasteiger partial charge in [0.25, 0.3) is 0 Å². The largest absolute Gasteiger partial charge is 0.338 e. The molecule has 0 aromatic carbocycles. The predicted molar refractivity (Wildman–Crippen MR) is 41.9 cm³/mol. The molecule has 2 fully saturated rings. The van der Waals surface area contributed by atoms with Gasteiger partial charge in [-0.3, -0.25) is 4.79 Å². The molecule has 2 rings (SSSR count). The molecule has 2 N–H and O–H groups in total. The van der Waals surface area contributed by atoms with Gasteiger partial charge in [0.1, 0.15) is 0 Å². The Morgan fingerprint density at radius 2 is 2.18 bits per heavy atom. The lowest BCUT2D eigenvalue weighted by Gasteiger charge is -2.40. The maximum absolute atomic E-state index is 11.4.